The maximum Gasteiger partial charge on any atom is 0.255 e. The second-order valence-corrected chi connectivity index (χ2v) is 8.04. The second kappa shape index (κ2) is 9.68. The molecule has 0 bridgehead atoms. The lowest BCUT2D eigenvalue weighted by Crippen LogP contribution is -2.34. The van der Waals surface area contributed by atoms with Crippen molar-refractivity contribution in [2.75, 3.05) is 24.3 Å². The molecule has 4 rings (SSSR count). The highest BCUT2D eigenvalue weighted by Gasteiger charge is 2.46. The Balaban J connectivity index is 1.28. The molecular formula is C25H25N3O5. The van der Waals surface area contributed by atoms with Crippen LogP contribution in [0.1, 0.15) is 29.6 Å². The molecule has 1 saturated heterocycles. The first-order valence-electron chi connectivity index (χ1n) is 10.8. The highest BCUT2D eigenvalue weighted by molar-refractivity contribution is 6.06. The molecular weight excluding hydrogens is 422 g/mol. The average Bonchev–Trinajstić information content (AvgIpc) is 3.08. The molecule has 8 heteroatoms. The lowest BCUT2D eigenvalue weighted by Gasteiger charge is -2.14. The number of allylic oxidation sites excluding steroid dienone is 2. The number of anilines is 2. The van der Waals surface area contributed by atoms with Gasteiger partial charge in [-0.3, -0.25) is 24.1 Å². The van der Waals surface area contributed by atoms with E-state index in [1.165, 1.54) is 4.90 Å². The van der Waals surface area contributed by atoms with E-state index < -0.39 is 0 Å². The van der Waals surface area contributed by atoms with Crippen LogP contribution in [0.15, 0.2) is 60.7 Å². The molecule has 170 valence electrons. The normalized spacial score (nSPS) is 19.2. The third-order valence-corrected chi connectivity index (χ3v) is 5.94. The molecule has 0 radical (unpaired) electrons. The zero-order valence-electron chi connectivity index (χ0n) is 18.2. The van der Waals surface area contributed by atoms with Gasteiger partial charge in [0, 0.05) is 29.9 Å². The number of imide groups is 1. The van der Waals surface area contributed by atoms with Crippen LogP contribution in [-0.2, 0) is 14.4 Å². The topological polar surface area (TPSA) is 105 Å². The summed E-state index contributed by atoms with van der Waals surface area (Å²) in [6.45, 7) is 0.0683. The standard InChI is InChI=1S/C25H25N3O5/c1-33-19-12-10-18(11-13-19)27-23(30)16-6-8-17(9-7-16)26-22(29)14-15-28-24(31)20-4-2-3-5-21(20)25(28)32/h2-3,6-13,20-21H,4-5,14-15H2,1H3,(H,26,29)(H,27,30). The van der Waals surface area contributed by atoms with Gasteiger partial charge in [-0.15, -0.1) is 0 Å². The summed E-state index contributed by atoms with van der Waals surface area (Å²) >= 11 is 0. The van der Waals surface area contributed by atoms with Crippen molar-refractivity contribution in [1.29, 1.82) is 0 Å². The average molecular weight is 447 g/mol. The number of carbonyl (C=O) groups excluding carboxylic acids is 4. The van der Waals surface area contributed by atoms with Gasteiger partial charge in [-0.2, -0.15) is 0 Å². The second-order valence-electron chi connectivity index (χ2n) is 8.04. The number of nitrogens with one attached hydrogen (secondary N) is 2. The summed E-state index contributed by atoms with van der Waals surface area (Å²) in [5.41, 5.74) is 1.60. The van der Waals surface area contributed by atoms with Gasteiger partial charge in [0.15, 0.2) is 0 Å². The van der Waals surface area contributed by atoms with Crippen LogP contribution in [0.3, 0.4) is 0 Å². The van der Waals surface area contributed by atoms with Gasteiger partial charge in [-0.1, -0.05) is 12.2 Å². The molecule has 2 N–H and O–H groups in total. The van der Waals surface area contributed by atoms with Gasteiger partial charge in [-0.05, 0) is 61.4 Å². The number of nitrogens with zero attached hydrogens (tertiary/aromatic N) is 1. The first-order valence-corrected chi connectivity index (χ1v) is 10.8. The van der Waals surface area contributed by atoms with Crippen molar-refractivity contribution in [2.45, 2.75) is 19.3 Å². The molecule has 0 aromatic heterocycles. The van der Waals surface area contributed by atoms with Crippen molar-refractivity contribution >= 4 is 35.0 Å². The maximum absolute atomic E-state index is 12.5. The van der Waals surface area contributed by atoms with E-state index in [1.807, 2.05) is 12.2 Å². The highest BCUT2D eigenvalue weighted by Crippen LogP contribution is 2.35. The number of hydrogen-bond donors (Lipinski definition) is 2. The molecule has 1 aliphatic heterocycles. The molecule has 1 fully saturated rings. The van der Waals surface area contributed by atoms with Gasteiger partial charge in [0.2, 0.25) is 17.7 Å². The van der Waals surface area contributed by atoms with Crippen LogP contribution in [0, 0.1) is 11.8 Å². The summed E-state index contributed by atoms with van der Waals surface area (Å²) in [5, 5.41) is 5.54. The van der Waals surface area contributed by atoms with Gasteiger partial charge < -0.3 is 15.4 Å². The Kier molecular flexibility index (Phi) is 6.53. The molecule has 0 saturated carbocycles. The zero-order valence-corrected chi connectivity index (χ0v) is 18.2. The van der Waals surface area contributed by atoms with Crippen molar-refractivity contribution < 1.29 is 23.9 Å². The van der Waals surface area contributed by atoms with Crippen LogP contribution in [0.2, 0.25) is 0 Å². The van der Waals surface area contributed by atoms with E-state index in [-0.39, 0.29) is 48.4 Å². The van der Waals surface area contributed by atoms with Crippen LogP contribution in [0.4, 0.5) is 11.4 Å². The van der Waals surface area contributed by atoms with Gasteiger partial charge in [0.05, 0.1) is 18.9 Å². The monoisotopic (exact) mass is 447 g/mol. The van der Waals surface area contributed by atoms with Gasteiger partial charge in [0.25, 0.3) is 5.91 Å². The number of hydrogen-bond acceptors (Lipinski definition) is 5. The van der Waals surface area contributed by atoms with Crippen molar-refractivity contribution in [1.82, 2.24) is 4.90 Å². The van der Waals surface area contributed by atoms with Crippen LogP contribution in [0.25, 0.3) is 0 Å². The third-order valence-electron chi connectivity index (χ3n) is 5.94. The van der Waals surface area contributed by atoms with Crippen LogP contribution in [-0.4, -0.2) is 42.2 Å². The Labute approximate surface area is 191 Å². The fraction of sp³-hybridized carbons (Fsp3) is 0.280. The molecule has 2 aliphatic rings. The Morgan fingerprint density at radius 2 is 1.42 bits per heavy atom. The van der Waals surface area contributed by atoms with E-state index in [9.17, 15) is 19.2 Å². The fourth-order valence-corrected chi connectivity index (χ4v) is 4.11. The number of fused-ring (bicyclic) bond motifs is 1. The van der Waals surface area contributed by atoms with Crippen molar-refractivity contribution in [3.05, 3.63) is 66.2 Å². The van der Waals surface area contributed by atoms with E-state index >= 15 is 0 Å². The predicted octanol–water partition coefficient (Wildman–Crippen LogP) is 3.23. The molecule has 8 nitrogen and oxygen atoms in total. The van der Waals surface area contributed by atoms with Crippen LogP contribution < -0.4 is 15.4 Å². The van der Waals surface area contributed by atoms with Crippen LogP contribution in [0.5, 0.6) is 5.75 Å². The predicted molar refractivity (Wildman–Crippen MR) is 123 cm³/mol. The summed E-state index contributed by atoms with van der Waals surface area (Å²) in [5.74, 6) is -0.839. The van der Waals surface area contributed by atoms with Crippen LogP contribution >= 0.6 is 0 Å². The van der Waals surface area contributed by atoms with Gasteiger partial charge in [-0.25, -0.2) is 0 Å². The Bertz CT molecular complexity index is 1070. The van der Waals surface area contributed by atoms with Crippen molar-refractivity contribution in [3.8, 4) is 5.75 Å². The summed E-state index contributed by atoms with van der Waals surface area (Å²) < 4.78 is 5.10. The summed E-state index contributed by atoms with van der Waals surface area (Å²) in [4.78, 5) is 50.9. The Morgan fingerprint density at radius 1 is 0.879 bits per heavy atom. The molecule has 1 aliphatic carbocycles. The van der Waals surface area contributed by atoms with Gasteiger partial charge >= 0.3 is 0 Å². The van der Waals surface area contributed by atoms with E-state index in [0.29, 0.717) is 35.5 Å². The summed E-state index contributed by atoms with van der Waals surface area (Å²) in [7, 11) is 1.57. The first kappa shape index (κ1) is 22.3. The summed E-state index contributed by atoms with van der Waals surface area (Å²) in [6, 6.07) is 13.5. The zero-order chi connectivity index (χ0) is 23.4. The number of rotatable bonds is 7. The molecule has 2 aromatic carbocycles. The van der Waals surface area contributed by atoms with Crippen molar-refractivity contribution in [2.24, 2.45) is 11.8 Å². The lowest BCUT2D eigenvalue weighted by molar-refractivity contribution is -0.140. The molecule has 2 atom stereocenters. The molecule has 1 heterocycles. The smallest absolute Gasteiger partial charge is 0.255 e. The Hall–Kier alpha value is -3.94. The number of carbonyl (C=O) groups is 4. The maximum atomic E-state index is 12.5. The minimum absolute atomic E-state index is 0.0179. The van der Waals surface area contributed by atoms with Crippen molar-refractivity contribution in [3.63, 3.8) is 0 Å². The molecule has 0 spiro atoms. The highest BCUT2D eigenvalue weighted by atomic mass is 16.5. The Morgan fingerprint density at radius 3 is 2.00 bits per heavy atom. The molecule has 2 unspecified atom stereocenters. The third kappa shape index (κ3) is 4.95. The minimum Gasteiger partial charge on any atom is -0.497 e. The van der Waals surface area contributed by atoms with E-state index in [0.717, 1.165) is 0 Å². The molecule has 2 aromatic rings. The lowest BCUT2D eigenvalue weighted by atomic mass is 9.85. The van der Waals surface area contributed by atoms with Gasteiger partial charge in [0.1, 0.15) is 5.75 Å². The molecule has 4 amide bonds. The summed E-state index contributed by atoms with van der Waals surface area (Å²) in [6.07, 6.45) is 5.05. The van der Waals surface area contributed by atoms with E-state index in [1.54, 1.807) is 55.6 Å². The number of benzene rings is 2. The number of likely N-dealkylation sites (tertiary alicyclic amines) is 1. The fourth-order valence-electron chi connectivity index (χ4n) is 4.11. The minimum atomic E-state index is -0.306. The largest absolute Gasteiger partial charge is 0.497 e. The SMILES string of the molecule is COc1ccc(NC(=O)c2ccc(NC(=O)CCN3C(=O)C4CC=CCC4C3=O)cc2)cc1. The number of methoxy groups -OCH3 is 1. The molecule has 33 heavy (non-hydrogen) atoms. The number of amides is 4. The van der Waals surface area contributed by atoms with E-state index in [4.69, 9.17) is 4.74 Å². The first-order chi connectivity index (χ1) is 16.0. The van der Waals surface area contributed by atoms with E-state index in [2.05, 4.69) is 10.6 Å². The quantitative estimate of drug-likeness (QED) is 0.501. The number of ether oxygens (including phenoxy) is 1.